The van der Waals surface area contributed by atoms with Gasteiger partial charge in [0.1, 0.15) is 19.0 Å². The van der Waals surface area contributed by atoms with Gasteiger partial charge in [-0.2, -0.15) is 0 Å². The minimum atomic E-state index is -0.107. The van der Waals surface area contributed by atoms with Crippen molar-refractivity contribution in [2.75, 3.05) is 37.7 Å². The highest BCUT2D eigenvalue weighted by molar-refractivity contribution is 6.06. The number of amidine groups is 1. The van der Waals surface area contributed by atoms with Gasteiger partial charge in [-0.1, -0.05) is 20.8 Å². The first-order valence-electron chi connectivity index (χ1n) is 13.9. The van der Waals surface area contributed by atoms with Crippen LogP contribution in [-0.2, 0) is 29.9 Å². The zero-order valence-corrected chi connectivity index (χ0v) is 23.7. The third-order valence-corrected chi connectivity index (χ3v) is 8.07. The van der Waals surface area contributed by atoms with Crippen LogP contribution in [0.2, 0.25) is 0 Å². The standard InChI is InChI=1S/C32H36N4O4/c1-20-26(32(2,3)4)11-22(12-27(20)35-7-9-38-10-8-35)28(37)17-36-16-23-13-29-30(14-25(23)31(36)33)40-19-24-15-34-6-5-21(24)18-39-29/h5-6,11-15,33H,7-10,16-19H2,1-4H3. The number of aromatic nitrogens is 1. The molecule has 0 saturated carbocycles. The fraction of sp³-hybridized carbons (Fsp3) is 0.406. The first-order valence-corrected chi connectivity index (χ1v) is 13.9. The summed E-state index contributed by atoms with van der Waals surface area (Å²) >= 11 is 0. The van der Waals surface area contributed by atoms with Crippen molar-refractivity contribution in [2.45, 2.75) is 52.9 Å². The SMILES string of the molecule is Cc1c(N2CCOCC2)cc(C(=O)CN2Cc3cc4c(cc3C2=N)OCc2cnccc2CO4)cc1C(C)(C)C. The topological polar surface area (TPSA) is 88.0 Å². The minimum Gasteiger partial charge on any atom is -0.485 e. The van der Waals surface area contributed by atoms with E-state index in [2.05, 4.69) is 37.6 Å². The van der Waals surface area contributed by atoms with Gasteiger partial charge in [-0.15, -0.1) is 0 Å². The predicted molar refractivity (Wildman–Crippen MR) is 154 cm³/mol. The molecular formula is C32H36N4O4. The maximum atomic E-state index is 13.8. The van der Waals surface area contributed by atoms with E-state index in [0.29, 0.717) is 55.9 Å². The number of Topliss-reactive ketones (excluding diaryl/α,β-unsaturated/α-hetero) is 1. The summed E-state index contributed by atoms with van der Waals surface area (Å²) in [5, 5.41) is 8.90. The molecule has 8 nitrogen and oxygen atoms in total. The van der Waals surface area contributed by atoms with Gasteiger partial charge in [-0.3, -0.25) is 15.2 Å². The first-order chi connectivity index (χ1) is 19.2. The molecule has 3 aliphatic heterocycles. The maximum Gasteiger partial charge on any atom is 0.182 e. The molecule has 1 aromatic heterocycles. The van der Waals surface area contributed by atoms with Crippen LogP contribution in [0.3, 0.4) is 0 Å². The monoisotopic (exact) mass is 540 g/mol. The number of morpholine rings is 1. The van der Waals surface area contributed by atoms with E-state index < -0.39 is 0 Å². The molecule has 0 atom stereocenters. The number of anilines is 1. The molecular weight excluding hydrogens is 504 g/mol. The van der Waals surface area contributed by atoms with Crippen molar-refractivity contribution in [3.8, 4) is 11.5 Å². The molecule has 3 aliphatic rings. The molecule has 0 bridgehead atoms. The highest BCUT2D eigenvalue weighted by atomic mass is 16.5. The third kappa shape index (κ3) is 4.92. The van der Waals surface area contributed by atoms with Gasteiger partial charge >= 0.3 is 0 Å². The van der Waals surface area contributed by atoms with Crippen LogP contribution in [0.5, 0.6) is 11.5 Å². The maximum absolute atomic E-state index is 13.8. The van der Waals surface area contributed by atoms with Gasteiger partial charge in [0.2, 0.25) is 0 Å². The van der Waals surface area contributed by atoms with Crippen molar-refractivity contribution < 1.29 is 19.0 Å². The van der Waals surface area contributed by atoms with Crippen molar-refractivity contribution in [1.29, 1.82) is 5.41 Å². The normalized spacial score (nSPS) is 16.8. The second-order valence-electron chi connectivity index (χ2n) is 11.8. The van der Waals surface area contributed by atoms with E-state index in [1.807, 2.05) is 35.2 Å². The van der Waals surface area contributed by atoms with E-state index in [1.54, 1.807) is 12.4 Å². The van der Waals surface area contributed by atoms with Crippen molar-refractivity contribution in [3.05, 3.63) is 81.7 Å². The van der Waals surface area contributed by atoms with E-state index in [9.17, 15) is 4.79 Å². The van der Waals surface area contributed by atoms with Crippen LogP contribution in [0, 0.1) is 12.3 Å². The summed E-state index contributed by atoms with van der Waals surface area (Å²) in [5.41, 5.74) is 7.83. The lowest BCUT2D eigenvalue weighted by Crippen LogP contribution is -2.37. The molecule has 1 saturated heterocycles. The summed E-state index contributed by atoms with van der Waals surface area (Å²) in [4.78, 5) is 22.1. The van der Waals surface area contributed by atoms with E-state index in [0.717, 1.165) is 41.0 Å². The third-order valence-electron chi connectivity index (χ3n) is 8.07. The average molecular weight is 541 g/mol. The number of carbonyl (C=O) groups is 1. The summed E-state index contributed by atoms with van der Waals surface area (Å²) in [6, 6.07) is 9.86. The Hall–Kier alpha value is -3.91. The quantitative estimate of drug-likeness (QED) is 0.465. The molecule has 6 rings (SSSR count). The van der Waals surface area contributed by atoms with Crippen LogP contribution in [0.25, 0.3) is 0 Å². The summed E-state index contributed by atoms with van der Waals surface area (Å²) in [7, 11) is 0. The molecule has 1 fully saturated rings. The highest BCUT2D eigenvalue weighted by Crippen LogP contribution is 2.38. The summed E-state index contributed by atoms with van der Waals surface area (Å²) in [6.07, 6.45) is 3.55. The zero-order chi connectivity index (χ0) is 28.0. The Kier molecular flexibility index (Phi) is 6.74. The van der Waals surface area contributed by atoms with Gasteiger partial charge in [-0.25, -0.2) is 0 Å². The Morgan fingerprint density at radius 2 is 1.73 bits per heavy atom. The number of nitrogens with one attached hydrogen (secondary N) is 1. The Bertz CT molecular complexity index is 1490. The Morgan fingerprint density at radius 1 is 1.00 bits per heavy atom. The van der Waals surface area contributed by atoms with Crippen molar-refractivity contribution >= 4 is 17.3 Å². The fourth-order valence-corrected chi connectivity index (χ4v) is 5.84. The molecule has 3 aromatic rings. The second kappa shape index (κ2) is 10.2. The summed E-state index contributed by atoms with van der Waals surface area (Å²) in [5.74, 6) is 1.60. The first kappa shape index (κ1) is 26.3. The van der Waals surface area contributed by atoms with Crippen molar-refractivity contribution in [2.24, 2.45) is 0 Å². The minimum absolute atomic E-state index is 0.00591. The largest absolute Gasteiger partial charge is 0.485 e. The van der Waals surface area contributed by atoms with E-state index in [1.165, 1.54) is 11.1 Å². The van der Waals surface area contributed by atoms with Crippen LogP contribution in [-0.4, -0.2) is 54.4 Å². The van der Waals surface area contributed by atoms with E-state index in [-0.39, 0.29) is 17.7 Å². The number of nitrogens with zero attached hydrogens (tertiary/aromatic N) is 3. The number of benzene rings is 2. The molecule has 8 heteroatoms. The predicted octanol–water partition coefficient (Wildman–Crippen LogP) is 5.02. The number of hydrogen-bond donors (Lipinski definition) is 1. The Labute approximate surface area is 235 Å². The Balaban J connectivity index is 1.25. The van der Waals surface area contributed by atoms with Gasteiger partial charge in [0, 0.05) is 54.4 Å². The lowest BCUT2D eigenvalue weighted by atomic mass is 9.82. The van der Waals surface area contributed by atoms with Gasteiger partial charge < -0.3 is 24.0 Å². The summed E-state index contributed by atoms with van der Waals surface area (Å²) in [6.45, 7) is 13.1. The summed E-state index contributed by atoms with van der Waals surface area (Å²) < 4.78 is 17.8. The number of carbonyl (C=O) groups excluding carboxylic acids is 1. The number of rotatable bonds is 4. The lowest BCUT2D eigenvalue weighted by Gasteiger charge is -2.33. The average Bonchev–Trinajstić information content (AvgIpc) is 3.23. The van der Waals surface area contributed by atoms with Crippen LogP contribution in [0.15, 0.2) is 42.7 Å². The van der Waals surface area contributed by atoms with Crippen LogP contribution < -0.4 is 14.4 Å². The van der Waals surface area contributed by atoms with Gasteiger partial charge in [0.15, 0.2) is 17.3 Å². The van der Waals surface area contributed by atoms with Gasteiger partial charge in [-0.05, 0) is 64.9 Å². The van der Waals surface area contributed by atoms with Crippen LogP contribution >= 0.6 is 0 Å². The van der Waals surface area contributed by atoms with Crippen LogP contribution in [0.4, 0.5) is 5.69 Å². The van der Waals surface area contributed by atoms with E-state index >= 15 is 0 Å². The van der Waals surface area contributed by atoms with E-state index in [4.69, 9.17) is 19.6 Å². The van der Waals surface area contributed by atoms with Crippen LogP contribution in [0.1, 0.15) is 64.5 Å². The zero-order valence-electron chi connectivity index (χ0n) is 23.7. The molecule has 2 aromatic carbocycles. The molecule has 40 heavy (non-hydrogen) atoms. The number of hydrogen-bond acceptors (Lipinski definition) is 7. The highest BCUT2D eigenvalue weighted by Gasteiger charge is 2.30. The number of pyridine rings is 1. The fourth-order valence-electron chi connectivity index (χ4n) is 5.84. The molecule has 208 valence electrons. The molecule has 0 aliphatic carbocycles. The van der Waals surface area contributed by atoms with Gasteiger partial charge in [0.05, 0.1) is 19.8 Å². The van der Waals surface area contributed by atoms with Gasteiger partial charge in [0.25, 0.3) is 0 Å². The smallest absolute Gasteiger partial charge is 0.182 e. The van der Waals surface area contributed by atoms with Crippen molar-refractivity contribution in [1.82, 2.24) is 9.88 Å². The molecule has 1 N–H and O–H groups in total. The number of ether oxygens (including phenoxy) is 3. The number of ketones is 1. The molecule has 0 spiro atoms. The van der Waals surface area contributed by atoms with Crippen molar-refractivity contribution in [3.63, 3.8) is 0 Å². The molecule has 4 heterocycles. The lowest BCUT2D eigenvalue weighted by molar-refractivity contribution is 0.0962. The molecule has 0 amide bonds. The number of fused-ring (bicyclic) bond motifs is 3. The molecule has 0 unspecified atom stereocenters. The molecule has 0 radical (unpaired) electrons. The second-order valence-corrected chi connectivity index (χ2v) is 11.8. The Morgan fingerprint density at radius 3 is 2.48 bits per heavy atom.